The molecule has 2 bridgehead atoms. The van der Waals surface area contributed by atoms with E-state index in [1.54, 1.807) is 24.3 Å². The van der Waals surface area contributed by atoms with Gasteiger partial charge in [-0.15, -0.1) is 23.4 Å². The Morgan fingerprint density at radius 1 is 1.15 bits per heavy atom. The Balaban J connectivity index is 1.06. The van der Waals surface area contributed by atoms with Gasteiger partial charge in [0.2, 0.25) is 11.8 Å². The zero-order chi connectivity index (χ0) is 23.0. The Morgan fingerprint density at radius 2 is 1.91 bits per heavy atom. The van der Waals surface area contributed by atoms with Crippen molar-refractivity contribution in [3.05, 3.63) is 52.8 Å². The predicted octanol–water partition coefficient (Wildman–Crippen LogP) is 4.66. The van der Waals surface area contributed by atoms with Gasteiger partial charge in [-0.05, 0) is 56.4 Å². The van der Waals surface area contributed by atoms with Gasteiger partial charge in [-0.25, -0.2) is 4.98 Å². The zero-order valence-electron chi connectivity index (χ0n) is 17.2. The summed E-state index contributed by atoms with van der Waals surface area (Å²) in [4.78, 5) is 17.2. The maximum atomic E-state index is 12.8. The van der Waals surface area contributed by atoms with Gasteiger partial charge in [-0.1, -0.05) is 17.7 Å². The van der Waals surface area contributed by atoms with E-state index in [9.17, 15) is 18.0 Å². The third-order valence-electron chi connectivity index (χ3n) is 6.93. The van der Waals surface area contributed by atoms with Gasteiger partial charge < -0.3 is 9.73 Å². The summed E-state index contributed by atoms with van der Waals surface area (Å²) < 4.78 is 46.7. The highest BCUT2D eigenvalue weighted by Crippen LogP contribution is 2.67. The van der Waals surface area contributed by atoms with Crippen LogP contribution in [0.25, 0.3) is 10.9 Å². The van der Waals surface area contributed by atoms with Gasteiger partial charge in [0.15, 0.2) is 0 Å². The number of carbonyl (C=O) groups excluding carboxylic acids is 1. The molecule has 33 heavy (non-hydrogen) atoms. The van der Waals surface area contributed by atoms with Crippen LogP contribution in [0.1, 0.15) is 60.3 Å². The number of nitrogens with zero attached hydrogens (tertiary/aromatic N) is 3. The van der Waals surface area contributed by atoms with Crippen molar-refractivity contribution < 1.29 is 27.1 Å². The average Bonchev–Trinajstić information content (AvgIpc) is 3.13. The maximum absolute atomic E-state index is 12.8. The molecule has 0 atom stereocenters. The van der Waals surface area contributed by atoms with Crippen LogP contribution in [0.5, 0.6) is 0 Å². The third-order valence-corrected chi connectivity index (χ3v) is 7.17. The molecule has 1 amide bonds. The van der Waals surface area contributed by atoms with Crippen molar-refractivity contribution in [1.82, 2.24) is 20.5 Å². The van der Waals surface area contributed by atoms with Crippen molar-refractivity contribution >= 4 is 28.4 Å². The average molecular weight is 479 g/mol. The van der Waals surface area contributed by atoms with Crippen molar-refractivity contribution in [2.24, 2.45) is 0 Å². The van der Waals surface area contributed by atoms with Crippen molar-refractivity contribution in [3.63, 3.8) is 0 Å². The molecule has 7 nitrogen and oxygen atoms in total. The fourth-order valence-corrected chi connectivity index (χ4v) is 5.52. The second-order valence-electron chi connectivity index (χ2n) is 9.38. The van der Waals surface area contributed by atoms with E-state index >= 15 is 0 Å². The summed E-state index contributed by atoms with van der Waals surface area (Å²) in [6.45, 7) is 0. The highest BCUT2D eigenvalue weighted by molar-refractivity contribution is 6.31. The van der Waals surface area contributed by atoms with Gasteiger partial charge in [0.1, 0.15) is 5.69 Å². The smallest absolute Gasteiger partial charge is 0.424 e. The Labute approximate surface area is 190 Å². The first-order chi connectivity index (χ1) is 15.6. The molecule has 1 N–H and O–H groups in total. The monoisotopic (exact) mass is 478 g/mol. The molecule has 172 valence electrons. The molecular formula is C22H18ClF3N4O3. The second kappa shape index (κ2) is 6.89. The van der Waals surface area contributed by atoms with E-state index in [4.69, 9.17) is 16.0 Å². The van der Waals surface area contributed by atoms with Crippen molar-refractivity contribution in [2.45, 2.75) is 61.4 Å². The SMILES string of the molecule is O=C(NC12CC(c3nnc([C@H]4C[C@@H](OC(F)(F)F)C4)o3)(C1)C2)c1ccc2cc(Cl)ccc2n1. The minimum absolute atomic E-state index is 0.207. The lowest BCUT2D eigenvalue weighted by atomic mass is 9.39. The molecule has 0 spiro atoms. The van der Waals surface area contributed by atoms with E-state index < -0.39 is 12.5 Å². The molecule has 7 rings (SSSR count). The van der Waals surface area contributed by atoms with Crippen LogP contribution in [0.2, 0.25) is 5.02 Å². The van der Waals surface area contributed by atoms with E-state index in [1.165, 1.54) is 0 Å². The number of hydrogen-bond donors (Lipinski definition) is 1. The number of hydrogen-bond acceptors (Lipinski definition) is 6. The zero-order valence-corrected chi connectivity index (χ0v) is 17.9. The molecule has 4 aliphatic rings. The van der Waals surface area contributed by atoms with E-state index in [1.807, 2.05) is 6.07 Å². The van der Waals surface area contributed by atoms with E-state index in [0.29, 0.717) is 47.3 Å². The van der Waals surface area contributed by atoms with Crippen LogP contribution in [0.15, 0.2) is 34.7 Å². The Kier molecular flexibility index (Phi) is 4.36. The Bertz CT molecular complexity index is 1250. The summed E-state index contributed by atoms with van der Waals surface area (Å²) in [6.07, 6.45) is -3.03. The second-order valence-corrected chi connectivity index (χ2v) is 9.81. The molecule has 0 radical (unpaired) electrons. The lowest BCUT2D eigenvalue weighted by molar-refractivity contribution is -0.352. The van der Waals surface area contributed by atoms with E-state index in [2.05, 4.69) is 25.2 Å². The first kappa shape index (κ1) is 20.9. The minimum Gasteiger partial charge on any atom is -0.424 e. The first-order valence-corrected chi connectivity index (χ1v) is 11.0. The molecule has 2 aromatic heterocycles. The summed E-state index contributed by atoms with van der Waals surface area (Å²) in [5, 5.41) is 12.7. The molecule has 3 aromatic rings. The van der Waals surface area contributed by atoms with Crippen molar-refractivity contribution in [1.29, 1.82) is 0 Å². The van der Waals surface area contributed by atoms with Crippen LogP contribution in [-0.4, -0.2) is 39.1 Å². The number of amides is 1. The summed E-state index contributed by atoms with van der Waals surface area (Å²) in [6, 6.07) is 8.79. The molecule has 4 aliphatic carbocycles. The third kappa shape index (κ3) is 3.56. The Hall–Kier alpha value is -2.72. The quantitative estimate of drug-likeness (QED) is 0.573. The molecule has 0 saturated heterocycles. The number of halogens is 4. The fourth-order valence-electron chi connectivity index (χ4n) is 5.34. The van der Waals surface area contributed by atoms with Crippen LogP contribution in [0.3, 0.4) is 0 Å². The number of alkyl halides is 3. The van der Waals surface area contributed by atoms with E-state index in [-0.39, 0.29) is 35.6 Å². The van der Waals surface area contributed by atoms with Crippen LogP contribution >= 0.6 is 11.6 Å². The minimum atomic E-state index is -4.63. The van der Waals surface area contributed by atoms with Gasteiger partial charge in [-0.2, -0.15) is 0 Å². The molecule has 4 saturated carbocycles. The lowest BCUT2D eigenvalue weighted by Crippen LogP contribution is -2.76. The van der Waals surface area contributed by atoms with Gasteiger partial charge in [0.05, 0.1) is 17.0 Å². The number of aromatic nitrogens is 3. The highest BCUT2D eigenvalue weighted by Gasteiger charge is 2.72. The van der Waals surface area contributed by atoms with Crippen molar-refractivity contribution in [3.8, 4) is 0 Å². The normalized spacial score (nSPS) is 30.3. The highest BCUT2D eigenvalue weighted by atomic mass is 35.5. The number of pyridine rings is 1. The molecular weight excluding hydrogens is 461 g/mol. The molecule has 11 heteroatoms. The number of ether oxygens (including phenoxy) is 1. The van der Waals surface area contributed by atoms with Crippen LogP contribution in [0.4, 0.5) is 13.2 Å². The van der Waals surface area contributed by atoms with Crippen LogP contribution in [-0.2, 0) is 10.2 Å². The first-order valence-electron chi connectivity index (χ1n) is 10.6. The maximum Gasteiger partial charge on any atom is 0.522 e. The molecule has 0 aliphatic heterocycles. The molecule has 1 aromatic carbocycles. The summed E-state index contributed by atoms with van der Waals surface area (Å²) in [5.74, 6) is 0.398. The fraction of sp³-hybridized carbons (Fsp3) is 0.455. The topological polar surface area (TPSA) is 90.1 Å². The largest absolute Gasteiger partial charge is 0.522 e. The molecule has 2 heterocycles. The number of carbonyl (C=O) groups is 1. The van der Waals surface area contributed by atoms with Gasteiger partial charge in [0, 0.05) is 21.9 Å². The standard InChI is InChI=1S/C22H18ClF3N4O3/c23-13-2-4-15-11(5-13)1-3-16(27-15)17(31)28-21-8-20(9-21,10-21)19-30-29-18(32-19)12-6-14(7-12)33-22(24,25)26/h1-5,12,14H,6-10H2,(H,28,31)/t12-,14+,20?,21?. The number of rotatable bonds is 5. The summed E-state index contributed by atoms with van der Waals surface area (Å²) in [7, 11) is 0. The van der Waals surface area contributed by atoms with Gasteiger partial charge >= 0.3 is 6.36 Å². The lowest BCUT2D eigenvalue weighted by Gasteiger charge is -2.68. The number of nitrogens with one attached hydrogen (secondary N) is 1. The van der Waals surface area contributed by atoms with Crippen LogP contribution in [0, 0.1) is 0 Å². The molecule has 4 fully saturated rings. The predicted molar refractivity (Wildman–Crippen MR) is 110 cm³/mol. The van der Waals surface area contributed by atoms with Crippen LogP contribution < -0.4 is 5.32 Å². The Morgan fingerprint density at radius 3 is 2.64 bits per heavy atom. The molecule has 0 unspecified atom stereocenters. The van der Waals surface area contributed by atoms with Gasteiger partial charge in [-0.3, -0.25) is 9.53 Å². The van der Waals surface area contributed by atoms with E-state index in [0.717, 1.165) is 5.39 Å². The number of fused-ring (bicyclic) bond motifs is 1. The van der Waals surface area contributed by atoms with Crippen molar-refractivity contribution in [2.75, 3.05) is 0 Å². The summed E-state index contributed by atoms with van der Waals surface area (Å²) >= 11 is 5.99. The number of benzene rings is 1. The summed E-state index contributed by atoms with van der Waals surface area (Å²) in [5.41, 5.74) is 0.449. The van der Waals surface area contributed by atoms with Gasteiger partial charge in [0.25, 0.3) is 5.91 Å².